The second-order valence-corrected chi connectivity index (χ2v) is 8.15. The number of carbonyl (C=O) groups excluding carboxylic acids is 1. The van der Waals surface area contributed by atoms with Crippen molar-refractivity contribution in [2.45, 2.75) is 6.42 Å². The summed E-state index contributed by atoms with van der Waals surface area (Å²) in [6.07, 6.45) is 0.799. The third-order valence-corrected chi connectivity index (χ3v) is 5.50. The summed E-state index contributed by atoms with van der Waals surface area (Å²) < 4.78 is 14.8. The first-order valence-electron chi connectivity index (χ1n) is 9.16. The topological polar surface area (TPSA) is 39.7 Å². The number of rotatable bonds is 7. The van der Waals surface area contributed by atoms with Gasteiger partial charge >= 0.3 is 0 Å². The van der Waals surface area contributed by atoms with Crippen LogP contribution in [0.3, 0.4) is 0 Å². The van der Waals surface area contributed by atoms with Gasteiger partial charge in [0.2, 0.25) is 0 Å². The Morgan fingerprint density at radius 3 is 2.36 bits per heavy atom. The molecule has 28 heavy (non-hydrogen) atoms. The summed E-state index contributed by atoms with van der Waals surface area (Å²) in [5, 5.41) is 0.528. The lowest BCUT2D eigenvalue weighted by Crippen LogP contribution is -2.33. The Labute approximate surface area is 169 Å². The SMILES string of the molecule is CN(C)CCCN(C(=O)c1ccc(N(C)C)cc1)c1nc2c(F)cccc2s1. The Bertz CT molecular complexity index is 953. The molecule has 0 saturated heterocycles. The summed E-state index contributed by atoms with van der Waals surface area (Å²) in [5.41, 5.74) is 1.93. The van der Waals surface area contributed by atoms with Gasteiger partial charge in [-0.25, -0.2) is 9.37 Å². The molecule has 0 aliphatic rings. The van der Waals surface area contributed by atoms with Crippen molar-refractivity contribution in [2.24, 2.45) is 0 Å². The highest BCUT2D eigenvalue weighted by Crippen LogP contribution is 2.31. The van der Waals surface area contributed by atoms with Crippen LogP contribution in [0.1, 0.15) is 16.8 Å². The maximum absolute atomic E-state index is 14.1. The van der Waals surface area contributed by atoms with E-state index >= 15 is 0 Å². The number of carbonyl (C=O) groups is 1. The molecule has 1 amide bonds. The zero-order valence-corrected chi connectivity index (χ0v) is 17.5. The number of hydrogen-bond acceptors (Lipinski definition) is 5. The van der Waals surface area contributed by atoms with E-state index in [1.807, 2.05) is 63.4 Å². The fraction of sp³-hybridized carbons (Fsp3) is 0.333. The second kappa shape index (κ2) is 8.67. The van der Waals surface area contributed by atoms with E-state index in [4.69, 9.17) is 0 Å². The molecule has 0 saturated carbocycles. The van der Waals surface area contributed by atoms with Gasteiger partial charge < -0.3 is 9.80 Å². The average Bonchev–Trinajstić information content (AvgIpc) is 3.10. The van der Waals surface area contributed by atoms with Gasteiger partial charge in [0.1, 0.15) is 11.3 Å². The molecule has 7 heteroatoms. The Kier molecular flexibility index (Phi) is 6.26. The Hall–Kier alpha value is -2.51. The first-order chi connectivity index (χ1) is 13.4. The van der Waals surface area contributed by atoms with E-state index in [0.717, 1.165) is 23.4 Å². The monoisotopic (exact) mass is 400 g/mol. The summed E-state index contributed by atoms with van der Waals surface area (Å²) in [5.74, 6) is -0.487. The quantitative estimate of drug-likeness (QED) is 0.599. The van der Waals surface area contributed by atoms with Crippen molar-refractivity contribution in [2.75, 3.05) is 51.1 Å². The predicted molar refractivity (Wildman–Crippen MR) is 115 cm³/mol. The van der Waals surface area contributed by atoms with Crippen molar-refractivity contribution in [3.63, 3.8) is 0 Å². The van der Waals surface area contributed by atoms with Crippen molar-refractivity contribution in [3.8, 4) is 0 Å². The summed E-state index contributed by atoms with van der Waals surface area (Å²) in [4.78, 5) is 23.4. The van der Waals surface area contributed by atoms with Gasteiger partial charge in [-0.15, -0.1) is 0 Å². The molecule has 0 aliphatic carbocycles. The smallest absolute Gasteiger partial charge is 0.260 e. The van der Waals surface area contributed by atoms with Gasteiger partial charge in [-0.05, 0) is 63.5 Å². The van der Waals surface area contributed by atoms with E-state index in [1.54, 1.807) is 11.0 Å². The number of fused-ring (bicyclic) bond motifs is 1. The van der Waals surface area contributed by atoms with E-state index in [0.29, 0.717) is 22.8 Å². The molecule has 1 heterocycles. The molecule has 2 aromatic carbocycles. The fourth-order valence-electron chi connectivity index (χ4n) is 2.91. The third-order valence-electron chi connectivity index (χ3n) is 4.45. The molecule has 0 fully saturated rings. The van der Waals surface area contributed by atoms with Gasteiger partial charge in [-0.1, -0.05) is 17.4 Å². The van der Waals surface area contributed by atoms with Crippen molar-refractivity contribution in [1.29, 1.82) is 0 Å². The fourth-order valence-corrected chi connectivity index (χ4v) is 3.91. The van der Waals surface area contributed by atoms with Crippen LogP contribution in [0.25, 0.3) is 10.2 Å². The number of benzene rings is 2. The molecule has 0 aliphatic heterocycles. The van der Waals surface area contributed by atoms with Crippen molar-refractivity contribution in [1.82, 2.24) is 9.88 Å². The molecule has 0 spiro atoms. The van der Waals surface area contributed by atoms with Crippen LogP contribution in [-0.4, -0.2) is 57.1 Å². The molecule has 0 N–H and O–H groups in total. The van der Waals surface area contributed by atoms with E-state index in [1.165, 1.54) is 17.4 Å². The van der Waals surface area contributed by atoms with Crippen molar-refractivity contribution in [3.05, 3.63) is 53.8 Å². The van der Waals surface area contributed by atoms with E-state index in [-0.39, 0.29) is 11.7 Å². The highest BCUT2D eigenvalue weighted by atomic mass is 32.1. The number of thiazole rings is 1. The Balaban J connectivity index is 1.92. The summed E-state index contributed by atoms with van der Waals surface area (Å²) in [7, 11) is 7.92. The summed E-state index contributed by atoms with van der Waals surface area (Å²) in [6.45, 7) is 1.37. The highest BCUT2D eigenvalue weighted by molar-refractivity contribution is 7.22. The number of anilines is 2. The lowest BCUT2D eigenvalue weighted by molar-refractivity contribution is 0.0986. The lowest BCUT2D eigenvalue weighted by atomic mass is 10.1. The van der Waals surface area contributed by atoms with Crippen LogP contribution < -0.4 is 9.80 Å². The maximum Gasteiger partial charge on any atom is 0.260 e. The first kappa shape index (κ1) is 20.2. The minimum atomic E-state index is -0.365. The van der Waals surface area contributed by atoms with Crippen LogP contribution in [0, 0.1) is 5.82 Å². The van der Waals surface area contributed by atoms with Crippen LogP contribution in [0.15, 0.2) is 42.5 Å². The standard InChI is InChI=1S/C21H25FN4OS/c1-24(2)13-6-14-26(20(27)15-9-11-16(12-10-15)25(3)4)21-23-19-17(22)7-5-8-18(19)28-21/h5,7-12H,6,13-14H2,1-4H3. The molecule has 148 valence electrons. The summed E-state index contributed by atoms with van der Waals surface area (Å²) >= 11 is 1.34. The van der Waals surface area contributed by atoms with Gasteiger partial charge in [0.05, 0.1) is 4.70 Å². The van der Waals surface area contributed by atoms with Gasteiger partial charge in [-0.3, -0.25) is 9.69 Å². The molecule has 0 atom stereocenters. The van der Waals surface area contributed by atoms with Gasteiger partial charge in [-0.2, -0.15) is 0 Å². The number of nitrogens with zero attached hydrogens (tertiary/aromatic N) is 4. The van der Waals surface area contributed by atoms with Crippen LogP contribution in [0.5, 0.6) is 0 Å². The summed E-state index contributed by atoms with van der Waals surface area (Å²) in [6, 6.07) is 12.4. The molecule has 3 aromatic rings. The number of aromatic nitrogens is 1. The largest absolute Gasteiger partial charge is 0.378 e. The maximum atomic E-state index is 14.1. The number of hydrogen-bond donors (Lipinski definition) is 0. The van der Waals surface area contributed by atoms with Crippen molar-refractivity contribution < 1.29 is 9.18 Å². The molecule has 0 unspecified atom stereocenters. The molecule has 0 bridgehead atoms. The van der Waals surface area contributed by atoms with Crippen LogP contribution in [-0.2, 0) is 0 Å². The Morgan fingerprint density at radius 1 is 1.04 bits per heavy atom. The number of amides is 1. The number of halogens is 1. The van der Waals surface area contributed by atoms with Gasteiger partial charge in [0, 0.05) is 31.9 Å². The molecule has 3 rings (SSSR count). The van der Waals surface area contributed by atoms with E-state index in [2.05, 4.69) is 9.88 Å². The van der Waals surface area contributed by atoms with E-state index in [9.17, 15) is 9.18 Å². The zero-order valence-electron chi connectivity index (χ0n) is 16.6. The van der Waals surface area contributed by atoms with Crippen LogP contribution in [0.4, 0.5) is 15.2 Å². The molecular weight excluding hydrogens is 375 g/mol. The van der Waals surface area contributed by atoms with Crippen LogP contribution >= 0.6 is 11.3 Å². The zero-order chi connectivity index (χ0) is 20.3. The third kappa shape index (κ3) is 4.48. The molecule has 5 nitrogen and oxygen atoms in total. The van der Waals surface area contributed by atoms with E-state index < -0.39 is 0 Å². The minimum Gasteiger partial charge on any atom is -0.378 e. The lowest BCUT2D eigenvalue weighted by Gasteiger charge is -2.21. The van der Waals surface area contributed by atoms with Crippen LogP contribution in [0.2, 0.25) is 0 Å². The predicted octanol–water partition coefficient (Wildman–Crippen LogP) is 4.10. The number of para-hydroxylation sites is 1. The molecule has 1 aromatic heterocycles. The molecular formula is C21H25FN4OS. The Morgan fingerprint density at radius 2 is 1.75 bits per heavy atom. The first-order valence-corrected chi connectivity index (χ1v) is 9.97. The minimum absolute atomic E-state index is 0.122. The normalized spacial score (nSPS) is 11.2. The second-order valence-electron chi connectivity index (χ2n) is 7.14. The molecule has 0 radical (unpaired) electrons. The van der Waals surface area contributed by atoms with Crippen molar-refractivity contribution >= 4 is 38.3 Å². The van der Waals surface area contributed by atoms with Gasteiger partial charge in [0.25, 0.3) is 5.91 Å². The average molecular weight is 401 g/mol. The van der Waals surface area contributed by atoms with Gasteiger partial charge in [0.15, 0.2) is 5.13 Å². The highest BCUT2D eigenvalue weighted by Gasteiger charge is 2.22.